The fraction of sp³-hybridized carbons (Fsp3) is 0.667. The molecule has 0 unspecified atom stereocenters. The van der Waals surface area contributed by atoms with Crippen LogP contribution in [0.25, 0.3) is 0 Å². The maximum Gasteiger partial charge on any atom is 0.240 e. The monoisotopic (exact) mass is 238 g/mol. The average molecular weight is 238 g/mol. The minimum absolute atomic E-state index is 0.160. The van der Waals surface area contributed by atoms with Crippen molar-refractivity contribution in [2.24, 2.45) is 11.7 Å². The molecule has 0 aromatic heterocycles. The van der Waals surface area contributed by atoms with Crippen LogP contribution in [0.5, 0.6) is 0 Å². The van der Waals surface area contributed by atoms with E-state index in [1.54, 1.807) is 0 Å². The molecule has 0 aromatic rings. The molecule has 1 aliphatic heterocycles. The van der Waals surface area contributed by atoms with E-state index in [0.29, 0.717) is 38.9 Å². The Morgan fingerprint density at radius 2 is 2.35 bits per heavy atom. The summed E-state index contributed by atoms with van der Waals surface area (Å²) in [5.74, 6) is 1.64. The molecule has 1 fully saturated rings. The highest BCUT2D eigenvalue weighted by atomic mass is 16.5. The molecule has 2 amide bonds. The number of nitrogens with one attached hydrogen (secondary N) is 1. The zero-order valence-electron chi connectivity index (χ0n) is 9.78. The number of carbonyl (C=O) groups is 2. The van der Waals surface area contributed by atoms with Gasteiger partial charge in [0.05, 0.1) is 12.5 Å². The fourth-order valence-electron chi connectivity index (χ4n) is 1.72. The number of primary amides is 1. The van der Waals surface area contributed by atoms with Crippen molar-refractivity contribution in [1.82, 2.24) is 5.32 Å². The Bertz CT molecular complexity index is 316. The first kappa shape index (κ1) is 13.5. The van der Waals surface area contributed by atoms with Gasteiger partial charge in [0, 0.05) is 13.0 Å². The molecule has 0 radical (unpaired) electrons. The van der Waals surface area contributed by atoms with Crippen LogP contribution in [0.15, 0.2) is 0 Å². The van der Waals surface area contributed by atoms with Gasteiger partial charge in [0.2, 0.25) is 11.8 Å². The topological polar surface area (TPSA) is 81.4 Å². The molecule has 1 heterocycles. The fourth-order valence-corrected chi connectivity index (χ4v) is 1.72. The molecule has 0 spiro atoms. The third kappa shape index (κ3) is 4.45. The first-order valence-electron chi connectivity index (χ1n) is 5.76. The summed E-state index contributed by atoms with van der Waals surface area (Å²) in [4.78, 5) is 22.9. The number of terminal acetylenes is 1. The van der Waals surface area contributed by atoms with Crippen LogP contribution in [0.4, 0.5) is 0 Å². The van der Waals surface area contributed by atoms with Crippen molar-refractivity contribution in [3.05, 3.63) is 0 Å². The zero-order chi connectivity index (χ0) is 12.7. The summed E-state index contributed by atoms with van der Waals surface area (Å²) in [5, 5.41) is 2.66. The van der Waals surface area contributed by atoms with Crippen molar-refractivity contribution in [3.63, 3.8) is 0 Å². The largest absolute Gasteiger partial charge is 0.381 e. The van der Waals surface area contributed by atoms with E-state index in [-0.39, 0.29) is 11.8 Å². The van der Waals surface area contributed by atoms with E-state index >= 15 is 0 Å². The molecule has 1 saturated heterocycles. The SMILES string of the molecule is C#CCCC[C@H](NC(=O)[C@H]1CCOC1)C(N)=O. The van der Waals surface area contributed by atoms with Gasteiger partial charge in [0.1, 0.15) is 6.04 Å². The van der Waals surface area contributed by atoms with Gasteiger partial charge >= 0.3 is 0 Å². The van der Waals surface area contributed by atoms with E-state index in [1.807, 2.05) is 0 Å². The number of ether oxygens (including phenoxy) is 1. The van der Waals surface area contributed by atoms with Gasteiger partial charge in [0.25, 0.3) is 0 Å². The van der Waals surface area contributed by atoms with Crippen molar-refractivity contribution in [2.45, 2.75) is 31.7 Å². The molecule has 2 atom stereocenters. The molecule has 3 N–H and O–H groups in total. The first-order chi connectivity index (χ1) is 8.15. The maximum atomic E-state index is 11.8. The standard InChI is InChI=1S/C12H18N2O3/c1-2-3-4-5-10(11(13)15)14-12(16)9-6-7-17-8-9/h1,9-10H,3-8H2,(H2,13,15)(H,14,16)/t9-,10-/m0/s1. The minimum Gasteiger partial charge on any atom is -0.381 e. The number of nitrogens with two attached hydrogens (primary N) is 1. The number of amides is 2. The van der Waals surface area contributed by atoms with Gasteiger partial charge in [-0.1, -0.05) is 0 Å². The lowest BCUT2D eigenvalue weighted by Crippen LogP contribution is -2.46. The van der Waals surface area contributed by atoms with Gasteiger partial charge in [-0.2, -0.15) is 0 Å². The predicted octanol–water partition coefficient (Wildman–Crippen LogP) is -0.203. The summed E-state index contributed by atoms with van der Waals surface area (Å²) in [6.07, 6.45) is 7.55. The van der Waals surface area contributed by atoms with Crippen molar-refractivity contribution in [2.75, 3.05) is 13.2 Å². The number of rotatable bonds is 6. The second-order valence-corrected chi connectivity index (χ2v) is 4.12. The number of carbonyl (C=O) groups excluding carboxylic acids is 2. The van der Waals surface area contributed by atoms with Crippen LogP contribution in [0.1, 0.15) is 25.7 Å². The van der Waals surface area contributed by atoms with Gasteiger partial charge in [-0.15, -0.1) is 12.3 Å². The van der Waals surface area contributed by atoms with Crippen molar-refractivity contribution >= 4 is 11.8 Å². The third-order valence-electron chi connectivity index (χ3n) is 2.77. The van der Waals surface area contributed by atoms with Crippen molar-refractivity contribution in [1.29, 1.82) is 0 Å². The summed E-state index contributed by atoms with van der Waals surface area (Å²) in [6.45, 7) is 1.01. The summed E-state index contributed by atoms with van der Waals surface area (Å²) < 4.78 is 5.12. The summed E-state index contributed by atoms with van der Waals surface area (Å²) in [6, 6.07) is -0.628. The first-order valence-corrected chi connectivity index (χ1v) is 5.76. The second kappa shape index (κ2) is 6.92. The van der Waals surface area contributed by atoms with Gasteiger partial charge in [0.15, 0.2) is 0 Å². The normalized spacial score (nSPS) is 20.5. The van der Waals surface area contributed by atoms with Crippen LogP contribution in [-0.2, 0) is 14.3 Å². The summed E-state index contributed by atoms with van der Waals surface area (Å²) in [7, 11) is 0. The van der Waals surface area contributed by atoms with Crippen LogP contribution in [0.3, 0.4) is 0 Å². The molecule has 0 bridgehead atoms. The van der Waals surface area contributed by atoms with Gasteiger partial charge < -0.3 is 15.8 Å². The molecule has 0 saturated carbocycles. The Labute approximate surface area is 101 Å². The Morgan fingerprint density at radius 3 is 2.88 bits per heavy atom. The van der Waals surface area contributed by atoms with Crippen molar-refractivity contribution in [3.8, 4) is 12.3 Å². The van der Waals surface area contributed by atoms with Gasteiger partial charge in [-0.25, -0.2) is 0 Å². The second-order valence-electron chi connectivity index (χ2n) is 4.12. The molecule has 0 aliphatic carbocycles. The molecule has 1 aliphatic rings. The van der Waals surface area contributed by atoms with E-state index in [2.05, 4.69) is 11.2 Å². The highest BCUT2D eigenvalue weighted by Gasteiger charge is 2.26. The minimum atomic E-state index is -0.628. The zero-order valence-corrected chi connectivity index (χ0v) is 9.78. The van der Waals surface area contributed by atoms with Crippen LogP contribution < -0.4 is 11.1 Å². The van der Waals surface area contributed by atoms with E-state index in [1.165, 1.54) is 0 Å². The molecular weight excluding hydrogens is 220 g/mol. The average Bonchev–Trinajstić information content (AvgIpc) is 2.81. The predicted molar refractivity (Wildman–Crippen MR) is 62.7 cm³/mol. The quantitative estimate of drug-likeness (QED) is 0.496. The highest BCUT2D eigenvalue weighted by molar-refractivity contribution is 5.87. The van der Waals surface area contributed by atoms with Crippen LogP contribution in [0, 0.1) is 18.3 Å². The Morgan fingerprint density at radius 1 is 1.59 bits per heavy atom. The summed E-state index contributed by atoms with van der Waals surface area (Å²) in [5.41, 5.74) is 5.23. The molecule has 5 nitrogen and oxygen atoms in total. The van der Waals surface area contributed by atoms with E-state index in [0.717, 1.165) is 0 Å². The molecular formula is C12H18N2O3. The van der Waals surface area contributed by atoms with Gasteiger partial charge in [-0.05, 0) is 19.3 Å². The molecule has 17 heavy (non-hydrogen) atoms. The number of unbranched alkanes of at least 4 members (excludes halogenated alkanes) is 1. The molecule has 0 aromatic carbocycles. The lowest BCUT2D eigenvalue weighted by Gasteiger charge is -2.17. The smallest absolute Gasteiger partial charge is 0.240 e. The number of hydrogen-bond donors (Lipinski definition) is 2. The molecule has 94 valence electrons. The van der Waals surface area contributed by atoms with Crippen LogP contribution >= 0.6 is 0 Å². The maximum absolute atomic E-state index is 11.8. The Balaban J connectivity index is 2.40. The lowest BCUT2D eigenvalue weighted by atomic mass is 10.1. The van der Waals surface area contributed by atoms with Crippen LogP contribution in [0.2, 0.25) is 0 Å². The Hall–Kier alpha value is -1.54. The lowest BCUT2D eigenvalue weighted by molar-refractivity contribution is -0.130. The van der Waals surface area contributed by atoms with E-state index in [9.17, 15) is 9.59 Å². The van der Waals surface area contributed by atoms with E-state index in [4.69, 9.17) is 16.9 Å². The third-order valence-corrected chi connectivity index (χ3v) is 2.77. The summed E-state index contributed by atoms with van der Waals surface area (Å²) >= 11 is 0. The van der Waals surface area contributed by atoms with E-state index < -0.39 is 11.9 Å². The van der Waals surface area contributed by atoms with Crippen molar-refractivity contribution < 1.29 is 14.3 Å². The van der Waals surface area contributed by atoms with Gasteiger partial charge in [-0.3, -0.25) is 9.59 Å². The Kier molecular flexibility index (Phi) is 5.50. The number of hydrogen-bond acceptors (Lipinski definition) is 3. The van der Waals surface area contributed by atoms with Crippen LogP contribution in [-0.4, -0.2) is 31.1 Å². The highest BCUT2D eigenvalue weighted by Crippen LogP contribution is 2.13. The molecule has 5 heteroatoms. The molecule has 1 rings (SSSR count).